The first-order chi connectivity index (χ1) is 17.6. The molecule has 1 aliphatic rings. The average molecular weight is 489 g/mol. The number of hydrogen-bond acceptors (Lipinski definition) is 6. The van der Waals surface area contributed by atoms with Gasteiger partial charge >= 0.3 is 12.1 Å². The molecule has 1 aliphatic carbocycles. The van der Waals surface area contributed by atoms with E-state index in [1.54, 1.807) is 0 Å². The van der Waals surface area contributed by atoms with E-state index in [0.29, 0.717) is 0 Å². The molecule has 8 heteroatoms. The lowest BCUT2D eigenvalue weighted by molar-refractivity contribution is -0.146. The molecule has 0 fully saturated rings. The number of carbonyl (C=O) groups excluding carboxylic acids is 3. The molecule has 0 saturated carbocycles. The van der Waals surface area contributed by atoms with Crippen molar-refractivity contribution in [2.45, 2.75) is 18.9 Å². The van der Waals surface area contributed by atoms with Crippen LogP contribution in [-0.4, -0.2) is 44.5 Å². The molecule has 0 aliphatic heterocycles. The normalized spacial score (nSPS) is 11.8. The van der Waals surface area contributed by atoms with Crippen molar-refractivity contribution < 1.29 is 28.6 Å². The first-order valence-electron chi connectivity index (χ1n) is 11.7. The summed E-state index contributed by atoms with van der Waals surface area (Å²) in [5.41, 5.74) is 5.43. The third kappa shape index (κ3) is 6.70. The predicted octanol–water partition coefficient (Wildman–Crippen LogP) is 3.75. The van der Waals surface area contributed by atoms with Crippen molar-refractivity contribution in [2.24, 2.45) is 0 Å². The standard InChI is InChI=1S/C28H28N2O6/c31-26(30-19-34-15-14-27(32)35-17-20-8-2-1-3-9-20)16-29-28(33)36-18-25-23-12-6-4-10-21(23)22-11-5-7-13-24(22)25/h1-13,25H,14-19H2,(H,29,33)(H,30,31). The Bertz CT molecular complexity index is 1150. The van der Waals surface area contributed by atoms with Gasteiger partial charge in [-0.15, -0.1) is 0 Å². The van der Waals surface area contributed by atoms with Crippen LogP contribution in [0.15, 0.2) is 78.9 Å². The van der Waals surface area contributed by atoms with Crippen LogP contribution in [0, 0.1) is 0 Å². The number of ether oxygens (including phenoxy) is 3. The van der Waals surface area contributed by atoms with Crippen LogP contribution < -0.4 is 10.6 Å². The molecular formula is C28H28N2O6. The minimum atomic E-state index is -0.672. The Kier molecular flexibility index (Phi) is 8.67. The van der Waals surface area contributed by atoms with Crippen LogP contribution in [0.3, 0.4) is 0 Å². The van der Waals surface area contributed by atoms with Crippen molar-refractivity contribution in [3.63, 3.8) is 0 Å². The second kappa shape index (κ2) is 12.5. The number of hydrogen-bond donors (Lipinski definition) is 2. The molecular weight excluding hydrogens is 460 g/mol. The van der Waals surface area contributed by atoms with E-state index >= 15 is 0 Å². The number of fused-ring (bicyclic) bond motifs is 3. The molecule has 0 atom stereocenters. The smallest absolute Gasteiger partial charge is 0.407 e. The van der Waals surface area contributed by atoms with Crippen molar-refractivity contribution in [3.8, 4) is 11.1 Å². The van der Waals surface area contributed by atoms with Gasteiger partial charge in [0.05, 0.1) is 13.0 Å². The van der Waals surface area contributed by atoms with Crippen molar-refractivity contribution in [1.29, 1.82) is 0 Å². The van der Waals surface area contributed by atoms with Crippen LogP contribution in [0.25, 0.3) is 11.1 Å². The highest BCUT2D eigenvalue weighted by Crippen LogP contribution is 2.44. The van der Waals surface area contributed by atoms with Gasteiger partial charge < -0.3 is 24.8 Å². The molecule has 2 N–H and O–H groups in total. The minimum Gasteiger partial charge on any atom is -0.461 e. The molecule has 8 nitrogen and oxygen atoms in total. The number of carbonyl (C=O) groups is 3. The molecule has 0 saturated heterocycles. The third-order valence-electron chi connectivity index (χ3n) is 5.80. The van der Waals surface area contributed by atoms with Crippen molar-refractivity contribution in [3.05, 3.63) is 95.6 Å². The largest absolute Gasteiger partial charge is 0.461 e. The van der Waals surface area contributed by atoms with Gasteiger partial charge in [-0.25, -0.2) is 4.79 Å². The quantitative estimate of drug-likeness (QED) is 0.242. The highest BCUT2D eigenvalue weighted by Gasteiger charge is 2.29. The average Bonchev–Trinajstić information content (AvgIpc) is 3.23. The van der Waals surface area contributed by atoms with Crippen LogP contribution in [0.1, 0.15) is 29.0 Å². The number of alkyl carbamates (subject to hydrolysis) is 1. The van der Waals surface area contributed by atoms with E-state index in [0.717, 1.165) is 27.8 Å². The number of nitrogens with one attached hydrogen (secondary N) is 2. The summed E-state index contributed by atoms with van der Waals surface area (Å²) >= 11 is 0. The molecule has 186 valence electrons. The fraction of sp³-hybridized carbons (Fsp3) is 0.250. The zero-order valence-corrected chi connectivity index (χ0v) is 19.8. The summed E-state index contributed by atoms with van der Waals surface area (Å²) in [6.45, 7) is 0.146. The zero-order valence-electron chi connectivity index (χ0n) is 19.8. The highest BCUT2D eigenvalue weighted by atomic mass is 16.5. The maximum atomic E-state index is 12.1. The van der Waals surface area contributed by atoms with Crippen LogP contribution in [0.2, 0.25) is 0 Å². The fourth-order valence-corrected chi connectivity index (χ4v) is 4.03. The van der Waals surface area contributed by atoms with Crippen molar-refractivity contribution >= 4 is 18.0 Å². The van der Waals surface area contributed by atoms with Crippen molar-refractivity contribution in [1.82, 2.24) is 10.6 Å². The molecule has 0 aromatic heterocycles. The molecule has 0 heterocycles. The summed E-state index contributed by atoms with van der Waals surface area (Å²) < 4.78 is 15.8. The lowest BCUT2D eigenvalue weighted by Crippen LogP contribution is -2.38. The Hall–Kier alpha value is -4.17. The molecule has 36 heavy (non-hydrogen) atoms. The second-order valence-corrected chi connectivity index (χ2v) is 8.23. The van der Waals surface area contributed by atoms with Gasteiger partial charge in [-0.2, -0.15) is 0 Å². The van der Waals surface area contributed by atoms with Gasteiger partial charge in [0.1, 0.15) is 26.5 Å². The Morgan fingerprint density at radius 2 is 1.39 bits per heavy atom. The van der Waals surface area contributed by atoms with Gasteiger partial charge in [0.15, 0.2) is 0 Å². The summed E-state index contributed by atoms with van der Waals surface area (Å²) in [5, 5.41) is 4.95. The Morgan fingerprint density at radius 1 is 0.750 bits per heavy atom. The van der Waals surface area contributed by atoms with Crippen LogP contribution in [0.5, 0.6) is 0 Å². The molecule has 4 rings (SSSR count). The molecule has 0 unspecified atom stereocenters. The summed E-state index contributed by atoms with van der Waals surface area (Å²) in [4.78, 5) is 35.8. The van der Waals surface area contributed by atoms with E-state index in [1.807, 2.05) is 66.7 Å². The lowest BCUT2D eigenvalue weighted by atomic mass is 9.98. The van der Waals surface area contributed by atoms with E-state index in [1.165, 1.54) is 0 Å². The number of esters is 1. The van der Waals surface area contributed by atoms with E-state index in [-0.39, 0.29) is 51.4 Å². The number of rotatable bonds is 11. The lowest BCUT2D eigenvalue weighted by Gasteiger charge is -2.14. The molecule has 2 amide bonds. The predicted molar refractivity (Wildman–Crippen MR) is 133 cm³/mol. The molecule has 3 aromatic rings. The number of amides is 2. The summed E-state index contributed by atoms with van der Waals surface area (Å²) in [7, 11) is 0. The van der Waals surface area contributed by atoms with E-state index in [4.69, 9.17) is 14.2 Å². The van der Waals surface area contributed by atoms with E-state index in [9.17, 15) is 14.4 Å². The monoisotopic (exact) mass is 488 g/mol. The summed E-state index contributed by atoms with van der Waals surface area (Å²) in [6, 6.07) is 25.5. The van der Waals surface area contributed by atoms with Crippen LogP contribution in [-0.2, 0) is 30.4 Å². The SMILES string of the molecule is O=C(CNC(=O)OCC1c2ccccc2-c2ccccc21)NCOCCC(=O)OCc1ccccc1. The molecule has 0 bridgehead atoms. The first kappa shape index (κ1) is 24.9. The molecule has 3 aromatic carbocycles. The molecule has 0 spiro atoms. The van der Waals surface area contributed by atoms with Gasteiger partial charge in [0, 0.05) is 5.92 Å². The zero-order chi connectivity index (χ0) is 25.2. The van der Waals surface area contributed by atoms with Crippen LogP contribution in [0.4, 0.5) is 4.79 Å². The highest BCUT2D eigenvalue weighted by molar-refractivity contribution is 5.82. The van der Waals surface area contributed by atoms with Gasteiger partial charge in [-0.3, -0.25) is 9.59 Å². The molecule has 0 radical (unpaired) electrons. The Labute approximate surface area is 209 Å². The number of benzene rings is 3. The maximum Gasteiger partial charge on any atom is 0.407 e. The second-order valence-electron chi connectivity index (χ2n) is 8.23. The fourth-order valence-electron chi connectivity index (χ4n) is 4.03. The summed E-state index contributed by atoms with van der Waals surface area (Å²) in [6.07, 6.45) is -0.602. The summed E-state index contributed by atoms with van der Waals surface area (Å²) in [5.74, 6) is -0.873. The van der Waals surface area contributed by atoms with Gasteiger partial charge in [0.2, 0.25) is 5.91 Å². The Balaban J connectivity index is 1.09. The van der Waals surface area contributed by atoms with Gasteiger partial charge in [0.25, 0.3) is 0 Å². The van der Waals surface area contributed by atoms with Gasteiger partial charge in [-0.05, 0) is 27.8 Å². The van der Waals surface area contributed by atoms with E-state index in [2.05, 4.69) is 22.8 Å². The maximum absolute atomic E-state index is 12.1. The Morgan fingerprint density at radius 3 is 2.08 bits per heavy atom. The minimum absolute atomic E-state index is 0.0511. The van der Waals surface area contributed by atoms with E-state index < -0.39 is 12.0 Å². The van der Waals surface area contributed by atoms with Crippen molar-refractivity contribution in [2.75, 3.05) is 26.5 Å². The van der Waals surface area contributed by atoms with Crippen LogP contribution >= 0.6 is 0 Å². The van der Waals surface area contributed by atoms with Gasteiger partial charge in [-0.1, -0.05) is 78.9 Å². The third-order valence-corrected chi connectivity index (χ3v) is 5.80. The topological polar surface area (TPSA) is 103 Å². The first-order valence-corrected chi connectivity index (χ1v) is 11.7.